The zero-order valence-electron chi connectivity index (χ0n) is 16.5. The molecule has 2 aromatic heterocycles. The van der Waals surface area contributed by atoms with E-state index in [4.69, 9.17) is 23.2 Å². The van der Waals surface area contributed by atoms with Crippen LogP contribution in [0.15, 0.2) is 85.5 Å². The van der Waals surface area contributed by atoms with Gasteiger partial charge >= 0.3 is 0 Å². The predicted molar refractivity (Wildman–Crippen MR) is 126 cm³/mol. The Bertz CT molecular complexity index is 1180. The lowest BCUT2D eigenvalue weighted by molar-refractivity contribution is 0.101. The van der Waals surface area contributed by atoms with Crippen molar-refractivity contribution in [3.8, 4) is 11.1 Å². The summed E-state index contributed by atoms with van der Waals surface area (Å²) < 4.78 is 0. The van der Waals surface area contributed by atoms with E-state index in [2.05, 4.69) is 20.6 Å². The summed E-state index contributed by atoms with van der Waals surface area (Å²) in [6.07, 6.45) is 6.15. The molecule has 2 aromatic carbocycles. The molecule has 0 bridgehead atoms. The Morgan fingerprint density at radius 3 is 1.44 bits per heavy atom. The molecule has 0 spiro atoms. The smallest absolute Gasteiger partial charge is 0.257 e. The zero-order valence-corrected chi connectivity index (χ0v) is 18.1. The number of halogens is 2. The fourth-order valence-corrected chi connectivity index (χ4v) is 3.43. The maximum atomic E-state index is 12.3. The van der Waals surface area contributed by atoms with Gasteiger partial charge in [0, 0.05) is 24.8 Å². The monoisotopic (exact) mass is 462 g/mol. The number of benzene rings is 2. The number of rotatable bonds is 5. The highest BCUT2D eigenvalue weighted by molar-refractivity contribution is 6.35. The molecule has 0 aliphatic carbocycles. The SMILES string of the molecule is O=C(Nc1ccc(-c2ccc(NC(=O)c3cccnc3)c(Cl)c2)cc1Cl)c1cccnc1. The third-order valence-corrected chi connectivity index (χ3v) is 5.24. The molecule has 158 valence electrons. The molecule has 0 aliphatic rings. The van der Waals surface area contributed by atoms with Crippen LogP contribution in [-0.2, 0) is 0 Å². The Balaban J connectivity index is 1.50. The average Bonchev–Trinajstić information content (AvgIpc) is 2.82. The standard InChI is InChI=1S/C24H16Cl2N4O2/c25-19-11-15(5-7-21(19)29-23(31)17-3-1-9-27-13-17)16-6-8-22(20(26)12-16)30-24(32)18-4-2-10-28-14-18/h1-14H,(H,29,31)(H,30,32). The van der Waals surface area contributed by atoms with Gasteiger partial charge in [0.15, 0.2) is 0 Å². The van der Waals surface area contributed by atoms with E-state index < -0.39 is 0 Å². The molecule has 0 aliphatic heterocycles. The molecule has 4 rings (SSSR count). The van der Waals surface area contributed by atoms with Gasteiger partial charge in [-0.3, -0.25) is 19.6 Å². The van der Waals surface area contributed by atoms with Gasteiger partial charge < -0.3 is 10.6 Å². The van der Waals surface area contributed by atoms with E-state index in [0.717, 1.165) is 11.1 Å². The predicted octanol–water partition coefficient (Wildman–Crippen LogP) is 5.96. The molecule has 0 radical (unpaired) electrons. The Kier molecular flexibility index (Phi) is 6.44. The van der Waals surface area contributed by atoms with Crippen molar-refractivity contribution < 1.29 is 9.59 Å². The second kappa shape index (κ2) is 9.60. The van der Waals surface area contributed by atoms with Crippen molar-refractivity contribution in [1.29, 1.82) is 0 Å². The molecule has 2 N–H and O–H groups in total. The number of nitrogens with one attached hydrogen (secondary N) is 2. The number of hydrogen-bond donors (Lipinski definition) is 2. The van der Waals surface area contributed by atoms with Gasteiger partial charge in [-0.05, 0) is 59.7 Å². The van der Waals surface area contributed by atoms with Crippen molar-refractivity contribution in [2.24, 2.45) is 0 Å². The van der Waals surface area contributed by atoms with Gasteiger partial charge in [0.25, 0.3) is 11.8 Å². The Morgan fingerprint density at radius 1 is 0.656 bits per heavy atom. The fourth-order valence-electron chi connectivity index (χ4n) is 2.98. The lowest BCUT2D eigenvalue weighted by atomic mass is 10.0. The quantitative estimate of drug-likeness (QED) is 0.383. The Morgan fingerprint density at radius 2 is 1.09 bits per heavy atom. The van der Waals surface area contributed by atoms with Gasteiger partial charge in [0.2, 0.25) is 0 Å². The van der Waals surface area contributed by atoms with Crippen LogP contribution < -0.4 is 10.6 Å². The summed E-state index contributed by atoms with van der Waals surface area (Å²) in [6.45, 7) is 0. The van der Waals surface area contributed by atoms with E-state index in [1.807, 2.05) is 12.1 Å². The number of nitrogens with zero attached hydrogens (tertiary/aromatic N) is 2. The summed E-state index contributed by atoms with van der Waals surface area (Å²) in [5.74, 6) is -0.603. The van der Waals surface area contributed by atoms with Gasteiger partial charge in [-0.25, -0.2) is 0 Å². The first-order chi connectivity index (χ1) is 15.5. The lowest BCUT2D eigenvalue weighted by Gasteiger charge is -2.11. The normalized spacial score (nSPS) is 10.4. The zero-order chi connectivity index (χ0) is 22.5. The summed E-state index contributed by atoms with van der Waals surface area (Å²) >= 11 is 12.8. The van der Waals surface area contributed by atoms with Crippen LogP contribution in [0.5, 0.6) is 0 Å². The molecular formula is C24H16Cl2N4O2. The number of carbonyl (C=O) groups is 2. The number of amides is 2. The maximum Gasteiger partial charge on any atom is 0.257 e. The van der Waals surface area contributed by atoms with Crippen LogP contribution in [0.4, 0.5) is 11.4 Å². The molecule has 4 aromatic rings. The molecule has 2 amide bonds. The average molecular weight is 463 g/mol. The highest BCUT2D eigenvalue weighted by Crippen LogP contribution is 2.33. The van der Waals surface area contributed by atoms with E-state index in [1.165, 1.54) is 12.4 Å². The minimum absolute atomic E-state index is 0.301. The van der Waals surface area contributed by atoms with Crippen LogP contribution in [0.25, 0.3) is 11.1 Å². The summed E-state index contributed by atoms with van der Waals surface area (Å²) in [6, 6.07) is 17.3. The first kappa shape index (κ1) is 21.5. The molecular weight excluding hydrogens is 447 g/mol. The summed E-state index contributed by atoms with van der Waals surface area (Å²) in [5.41, 5.74) is 3.45. The Labute approximate surface area is 194 Å². The minimum atomic E-state index is -0.301. The third kappa shape index (κ3) is 4.94. The second-order valence-electron chi connectivity index (χ2n) is 6.78. The van der Waals surface area contributed by atoms with E-state index >= 15 is 0 Å². The van der Waals surface area contributed by atoms with Crippen LogP contribution in [0.2, 0.25) is 10.0 Å². The first-order valence-electron chi connectivity index (χ1n) is 9.53. The van der Waals surface area contributed by atoms with Gasteiger partial charge in [0.05, 0.1) is 32.5 Å². The molecule has 0 saturated carbocycles. The van der Waals surface area contributed by atoms with Gasteiger partial charge in [-0.15, -0.1) is 0 Å². The van der Waals surface area contributed by atoms with Gasteiger partial charge in [-0.2, -0.15) is 0 Å². The molecule has 0 fully saturated rings. The number of carbonyl (C=O) groups excluding carboxylic acids is 2. The van der Waals surface area contributed by atoms with Crippen LogP contribution >= 0.6 is 23.2 Å². The summed E-state index contributed by atoms with van der Waals surface area (Å²) in [5, 5.41) is 6.31. The molecule has 2 heterocycles. The van der Waals surface area contributed by atoms with Crippen molar-refractivity contribution in [2.75, 3.05) is 10.6 Å². The minimum Gasteiger partial charge on any atom is -0.321 e. The van der Waals surface area contributed by atoms with Crippen molar-refractivity contribution in [3.05, 3.63) is 107 Å². The number of aromatic nitrogens is 2. The van der Waals surface area contributed by atoms with Gasteiger partial charge in [0.1, 0.15) is 0 Å². The van der Waals surface area contributed by atoms with Crippen LogP contribution in [0, 0.1) is 0 Å². The van der Waals surface area contributed by atoms with Crippen LogP contribution in [0.1, 0.15) is 20.7 Å². The van der Waals surface area contributed by atoms with Crippen LogP contribution in [-0.4, -0.2) is 21.8 Å². The molecule has 8 heteroatoms. The van der Waals surface area contributed by atoms with Crippen molar-refractivity contribution >= 4 is 46.4 Å². The van der Waals surface area contributed by atoms with Crippen LogP contribution in [0.3, 0.4) is 0 Å². The van der Waals surface area contributed by atoms with Crippen molar-refractivity contribution in [2.45, 2.75) is 0 Å². The van der Waals surface area contributed by atoms with E-state index in [1.54, 1.807) is 60.9 Å². The molecule has 0 saturated heterocycles. The molecule has 0 atom stereocenters. The molecule has 0 unspecified atom stereocenters. The number of anilines is 2. The second-order valence-corrected chi connectivity index (χ2v) is 7.60. The van der Waals surface area contributed by atoms with Crippen molar-refractivity contribution in [1.82, 2.24) is 9.97 Å². The topological polar surface area (TPSA) is 84.0 Å². The molecule has 6 nitrogen and oxygen atoms in total. The fraction of sp³-hybridized carbons (Fsp3) is 0. The van der Waals surface area contributed by atoms with Gasteiger partial charge in [-0.1, -0.05) is 35.3 Å². The van der Waals surface area contributed by atoms with E-state index in [-0.39, 0.29) is 11.8 Å². The lowest BCUT2D eigenvalue weighted by Crippen LogP contribution is -2.12. The highest BCUT2D eigenvalue weighted by atomic mass is 35.5. The highest BCUT2D eigenvalue weighted by Gasteiger charge is 2.12. The largest absolute Gasteiger partial charge is 0.321 e. The van der Waals surface area contributed by atoms with E-state index in [9.17, 15) is 9.59 Å². The number of hydrogen-bond acceptors (Lipinski definition) is 4. The van der Waals surface area contributed by atoms with Crippen molar-refractivity contribution in [3.63, 3.8) is 0 Å². The summed E-state index contributed by atoms with van der Waals surface area (Å²) in [4.78, 5) is 32.5. The number of pyridine rings is 2. The van der Waals surface area contributed by atoms with E-state index in [0.29, 0.717) is 32.5 Å². The third-order valence-electron chi connectivity index (χ3n) is 4.62. The first-order valence-corrected chi connectivity index (χ1v) is 10.3. The molecule has 32 heavy (non-hydrogen) atoms. The maximum absolute atomic E-state index is 12.3. The Hall–Kier alpha value is -3.74. The summed E-state index contributed by atoms with van der Waals surface area (Å²) in [7, 11) is 0.